The molecule has 1 saturated carbocycles. The first-order valence-corrected chi connectivity index (χ1v) is 12.1. The largest absolute Gasteiger partial charge is 0.378 e. The summed E-state index contributed by atoms with van der Waals surface area (Å²) in [6.07, 6.45) is 2.38. The number of hydrogen-bond acceptors (Lipinski definition) is 5. The maximum atomic E-state index is 12.9. The van der Waals surface area contributed by atoms with Crippen LogP contribution in [-0.4, -0.2) is 37.6 Å². The van der Waals surface area contributed by atoms with E-state index in [-0.39, 0.29) is 23.9 Å². The van der Waals surface area contributed by atoms with Crippen LogP contribution in [0.15, 0.2) is 42.5 Å². The third-order valence-corrected chi connectivity index (χ3v) is 7.48. The summed E-state index contributed by atoms with van der Waals surface area (Å²) in [7, 11) is 0. The van der Waals surface area contributed by atoms with Crippen molar-refractivity contribution in [1.29, 1.82) is 5.26 Å². The molecule has 2 fully saturated rings. The van der Waals surface area contributed by atoms with Crippen molar-refractivity contribution in [2.75, 3.05) is 34.8 Å². The molecule has 1 saturated heterocycles. The van der Waals surface area contributed by atoms with Gasteiger partial charge in [0.15, 0.2) is 0 Å². The third-order valence-electron chi connectivity index (χ3n) is 7.48. The number of anilines is 3. The smallest absolute Gasteiger partial charge is 0.224 e. The molecule has 1 amide bonds. The van der Waals surface area contributed by atoms with E-state index >= 15 is 0 Å². The molecule has 6 heteroatoms. The van der Waals surface area contributed by atoms with E-state index in [2.05, 4.69) is 58.5 Å². The number of fused-ring (bicyclic) bond motifs is 1. The van der Waals surface area contributed by atoms with Gasteiger partial charge in [-0.25, -0.2) is 0 Å². The van der Waals surface area contributed by atoms with Crippen LogP contribution in [0.2, 0.25) is 0 Å². The molecular formula is C27H33N5O. The highest BCUT2D eigenvalue weighted by Crippen LogP contribution is 2.50. The summed E-state index contributed by atoms with van der Waals surface area (Å²) >= 11 is 0. The van der Waals surface area contributed by atoms with E-state index in [1.807, 2.05) is 24.3 Å². The first kappa shape index (κ1) is 21.8. The van der Waals surface area contributed by atoms with E-state index in [1.165, 1.54) is 24.1 Å². The first-order valence-electron chi connectivity index (χ1n) is 12.1. The zero-order valence-electron chi connectivity index (χ0n) is 19.7. The normalized spacial score (nSPS) is 27.0. The number of nitriles is 1. The molecule has 6 nitrogen and oxygen atoms in total. The Bertz CT molecular complexity index is 1070. The summed E-state index contributed by atoms with van der Waals surface area (Å²) in [5, 5.41) is 16.5. The fourth-order valence-electron chi connectivity index (χ4n) is 5.74. The van der Waals surface area contributed by atoms with Crippen LogP contribution < -0.4 is 20.4 Å². The van der Waals surface area contributed by atoms with Gasteiger partial charge in [-0.2, -0.15) is 5.26 Å². The fraction of sp³-hybridized carbons (Fsp3) is 0.481. The van der Waals surface area contributed by atoms with Crippen LogP contribution in [0.25, 0.3) is 0 Å². The summed E-state index contributed by atoms with van der Waals surface area (Å²) in [6.45, 7) is 9.14. The Labute approximate surface area is 196 Å². The zero-order chi connectivity index (χ0) is 23.1. The van der Waals surface area contributed by atoms with E-state index in [4.69, 9.17) is 5.26 Å². The van der Waals surface area contributed by atoms with Crippen LogP contribution in [0.4, 0.5) is 17.1 Å². The summed E-state index contributed by atoms with van der Waals surface area (Å²) in [4.78, 5) is 17.4. The molecule has 33 heavy (non-hydrogen) atoms. The van der Waals surface area contributed by atoms with E-state index < -0.39 is 0 Å². The van der Waals surface area contributed by atoms with Crippen molar-refractivity contribution in [3.8, 4) is 6.07 Å². The number of rotatable bonds is 4. The molecule has 1 aliphatic carbocycles. The van der Waals surface area contributed by atoms with Crippen LogP contribution in [0.3, 0.4) is 0 Å². The average Bonchev–Trinajstić information content (AvgIpc) is 3.65. The molecule has 0 bridgehead atoms. The van der Waals surface area contributed by atoms with Crippen molar-refractivity contribution in [2.24, 2.45) is 11.8 Å². The minimum Gasteiger partial charge on any atom is -0.378 e. The number of nitrogens with zero attached hydrogens (tertiary/aromatic N) is 3. The highest BCUT2D eigenvalue weighted by Gasteiger charge is 2.47. The molecule has 1 unspecified atom stereocenters. The Hall–Kier alpha value is -3.04. The highest BCUT2D eigenvalue weighted by molar-refractivity contribution is 5.94. The molecule has 2 aromatic carbocycles. The molecule has 172 valence electrons. The number of amides is 1. The van der Waals surface area contributed by atoms with Gasteiger partial charge in [-0.3, -0.25) is 4.79 Å². The maximum Gasteiger partial charge on any atom is 0.224 e. The lowest BCUT2D eigenvalue weighted by Gasteiger charge is -2.46. The minimum absolute atomic E-state index is 0.0921. The van der Waals surface area contributed by atoms with Crippen LogP contribution in [0.1, 0.15) is 50.8 Å². The Balaban J connectivity index is 1.56. The summed E-state index contributed by atoms with van der Waals surface area (Å²) in [5.74, 6) is 0.957. The minimum atomic E-state index is 0.0921. The third kappa shape index (κ3) is 4.18. The lowest BCUT2D eigenvalue weighted by molar-refractivity contribution is -0.117. The quantitative estimate of drug-likeness (QED) is 0.738. The number of carbonyl (C=O) groups excluding carboxylic acids is 1. The molecule has 2 aromatic rings. The van der Waals surface area contributed by atoms with E-state index in [1.54, 1.807) is 6.92 Å². The second-order valence-electron chi connectivity index (χ2n) is 9.93. The molecule has 2 aliphatic heterocycles. The summed E-state index contributed by atoms with van der Waals surface area (Å²) < 4.78 is 0. The van der Waals surface area contributed by atoms with Crippen LogP contribution in [-0.2, 0) is 4.79 Å². The van der Waals surface area contributed by atoms with Crippen molar-refractivity contribution in [1.82, 2.24) is 5.32 Å². The molecule has 2 N–H and O–H groups in total. The molecule has 2 heterocycles. The number of hydrogen-bond donors (Lipinski definition) is 2. The lowest BCUT2D eigenvalue weighted by Crippen LogP contribution is -2.51. The monoisotopic (exact) mass is 443 g/mol. The van der Waals surface area contributed by atoms with Gasteiger partial charge >= 0.3 is 0 Å². The number of piperazine rings is 1. The maximum absolute atomic E-state index is 12.9. The first-order chi connectivity index (χ1) is 16.0. The van der Waals surface area contributed by atoms with Crippen LogP contribution >= 0.6 is 0 Å². The van der Waals surface area contributed by atoms with Gasteiger partial charge in [0.1, 0.15) is 0 Å². The van der Waals surface area contributed by atoms with Gasteiger partial charge in [-0.05, 0) is 68.1 Å². The van der Waals surface area contributed by atoms with Crippen molar-refractivity contribution in [3.05, 3.63) is 53.6 Å². The Morgan fingerprint density at radius 2 is 1.91 bits per heavy atom. The van der Waals surface area contributed by atoms with Gasteiger partial charge in [0.25, 0.3) is 0 Å². The van der Waals surface area contributed by atoms with Gasteiger partial charge < -0.3 is 20.4 Å². The van der Waals surface area contributed by atoms with Crippen molar-refractivity contribution >= 4 is 23.0 Å². The SMILES string of the molecule is CC(=O)N1c2ccc(N3CCN[C@@H](C)C3)cc2C(Nc2ccc(C#N)cc2)[C@@H](C)[C@@H]1C1CC1. The second kappa shape index (κ2) is 8.72. The summed E-state index contributed by atoms with van der Waals surface area (Å²) in [5.41, 5.74) is 5.10. The molecule has 0 aromatic heterocycles. The lowest BCUT2D eigenvalue weighted by atomic mass is 9.79. The van der Waals surface area contributed by atoms with Gasteiger partial charge in [-0.1, -0.05) is 6.92 Å². The van der Waals surface area contributed by atoms with E-state index in [0.29, 0.717) is 17.5 Å². The number of carbonyl (C=O) groups is 1. The van der Waals surface area contributed by atoms with Crippen molar-refractivity contribution < 1.29 is 4.79 Å². The average molecular weight is 444 g/mol. The Kier molecular flexibility index (Phi) is 5.76. The van der Waals surface area contributed by atoms with Gasteiger partial charge in [0, 0.05) is 67.2 Å². The molecule has 0 spiro atoms. The van der Waals surface area contributed by atoms with E-state index in [9.17, 15) is 4.79 Å². The highest BCUT2D eigenvalue weighted by atomic mass is 16.2. The predicted molar refractivity (Wildman–Crippen MR) is 132 cm³/mol. The zero-order valence-corrected chi connectivity index (χ0v) is 19.7. The fourth-order valence-corrected chi connectivity index (χ4v) is 5.74. The topological polar surface area (TPSA) is 71.4 Å². The van der Waals surface area contributed by atoms with Gasteiger partial charge in [0.05, 0.1) is 17.7 Å². The standard InChI is InChI=1S/C27H33N5O/c1-17-16-31(13-12-29-17)23-10-11-25-24(14-23)26(30-22-8-4-20(15-28)5-9-22)18(2)27(21-6-7-21)32(25)19(3)33/h4-5,8-11,14,17-18,21,26-27,29-30H,6-7,12-13,16H2,1-3H3/t17-,18+,26?,27+/m0/s1. The number of nitrogens with one attached hydrogen (secondary N) is 2. The van der Waals surface area contributed by atoms with Gasteiger partial charge in [-0.15, -0.1) is 0 Å². The van der Waals surface area contributed by atoms with Crippen molar-refractivity contribution in [3.63, 3.8) is 0 Å². The van der Waals surface area contributed by atoms with Crippen LogP contribution in [0.5, 0.6) is 0 Å². The Morgan fingerprint density at radius 1 is 1.15 bits per heavy atom. The second-order valence-corrected chi connectivity index (χ2v) is 9.93. The molecule has 5 rings (SSSR count). The Morgan fingerprint density at radius 3 is 2.55 bits per heavy atom. The molecular weight excluding hydrogens is 410 g/mol. The number of benzene rings is 2. The molecule has 0 radical (unpaired) electrons. The van der Waals surface area contributed by atoms with Gasteiger partial charge in [0.2, 0.25) is 5.91 Å². The molecule has 3 aliphatic rings. The van der Waals surface area contributed by atoms with Crippen LogP contribution in [0, 0.1) is 23.2 Å². The predicted octanol–water partition coefficient (Wildman–Crippen LogP) is 4.29. The summed E-state index contributed by atoms with van der Waals surface area (Å²) in [6, 6.07) is 17.3. The van der Waals surface area contributed by atoms with E-state index in [0.717, 1.165) is 31.0 Å². The van der Waals surface area contributed by atoms with Crippen molar-refractivity contribution in [2.45, 2.75) is 51.7 Å². The molecule has 4 atom stereocenters.